The van der Waals surface area contributed by atoms with Crippen LogP contribution in [0.3, 0.4) is 0 Å². The summed E-state index contributed by atoms with van der Waals surface area (Å²) in [7, 11) is 1.40. The fourth-order valence-corrected chi connectivity index (χ4v) is 2.52. The van der Waals surface area contributed by atoms with Crippen molar-refractivity contribution in [3.05, 3.63) is 64.7 Å². The maximum absolute atomic E-state index is 11.8. The number of rotatable bonds is 4. The van der Waals surface area contributed by atoms with Crippen LogP contribution in [0.4, 0.5) is 5.69 Å². The molecule has 1 unspecified atom stereocenters. The van der Waals surface area contributed by atoms with Gasteiger partial charge >= 0.3 is 5.97 Å². The summed E-state index contributed by atoms with van der Waals surface area (Å²) in [6, 6.07) is 13.9. The van der Waals surface area contributed by atoms with Crippen molar-refractivity contribution < 1.29 is 9.53 Å². The average molecular weight is 283 g/mol. The van der Waals surface area contributed by atoms with E-state index in [1.165, 1.54) is 23.8 Å². The second-order valence-electron chi connectivity index (χ2n) is 5.26. The lowest BCUT2D eigenvalue weighted by Gasteiger charge is -2.20. The van der Waals surface area contributed by atoms with E-state index in [9.17, 15) is 4.79 Å². The van der Waals surface area contributed by atoms with Gasteiger partial charge in [-0.15, -0.1) is 0 Å². The minimum absolute atomic E-state index is 0.108. The van der Waals surface area contributed by atoms with Gasteiger partial charge < -0.3 is 10.1 Å². The van der Waals surface area contributed by atoms with Gasteiger partial charge in [0.05, 0.1) is 12.7 Å². The molecule has 0 aliphatic rings. The fourth-order valence-electron chi connectivity index (χ4n) is 2.52. The Kier molecular flexibility index (Phi) is 4.63. The maximum atomic E-state index is 11.8. The number of ether oxygens (including phenoxy) is 1. The summed E-state index contributed by atoms with van der Waals surface area (Å²) in [4.78, 5) is 11.8. The van der Waals surface area contributed by atoms with Crippen LogP contribution in [0.5, 0.6) is 0 Å². The van der Waals surface area contributed by atoms with E-state index < -0.39 is 0 Å². The lowest BCUT2D eigenvalue weighted by atomic mass is 9.99. The molecule has 1 atom stereocenters. The lowest BCUT2D eigenvalue weighted by Crippen LogP contribution is -2.12. The summed E-state index contributed by atoms with van der Waals surface area (Å²) in [6.07, 6.45) is 0. The zero-order chi connectivity index (χ0) is 15.4. The van der Waals surface area contributed by atoms with Crippen molar-refractivity contribution in [1.82, 2.24) is 0 Å². The van der Waals surface area contributed by atoms with Gasteiger partial charge in [0.25, 0.3) is 0 Å². The van der Waals surface area contributed by atoms with Gasteiger partial charge in [-0.05, 0) is 44.0 Å². The van der Waals surface area contributed by atoms with Crippen LogP contribution in [0, 0.1) is 13.8 Å². The minimum atomic E-state index is -0.328. The second-order valence-corrected chi connectivity index (χ2v) is 5.26. The molecule has 110 valence electrons. The van der Waals surface area contributed by atoms with E-state index in [4.69, 9.17) is 4.74 Å². The van der Waals surface area contributed by atoms with Crippen LogP contribution in [-0.2, 0) is 4.74 Å². The van der Waals surface area contributed by atoms with Crippen molar-refractivity contribution in [2.45, 2.75) is 26.8 Å². The maximum Gasteiger partial charge on any atom is 0.339 e. The van der Waals surface area contributed by atoms with Crippen LogP contribution in [0.25, 0.3) is 0 Å². The summed E-state index contributed by atoms with van der Waals surface area (Å²) in [5.41, 5.74) is 5.05. The molecule has 2 aromatic carbocycles. The predicted molar refractivity (Wildman–Crippen MR) is 85.7 cm³/mol. The highest BCUT2D eigenvalue weighted by atomic mass is 16.5. The van der Waals surface area contributed by atoms with E-state index in [0.29, 0.717) is 5.56 Å². The molecule has 0 fully saturated rings. The van der Waals surface area contributed by atoms with Gasteiger partial charge in [-0.1, -0.05) is 35.9 Å². The first-order valence-electron chi connectivity index (χ1n) is 7.04. The third-order valence-electron chi connectivity index (χ3n) is 3.60. The van der Waals surface area contributed by atoms with E-state index in [2.05, 4.69) is 44.3 Å². The molecule has 0 radical (unpaired) electrons. The Hall–Kier alpha value is -2.29. The number of methoxy groups -OCH3 is 1. The fraction of sp³-hybridized carbons (Fsp3) is 0.278. The summed E-state index contributed by atoms with van der Waals surface area (Å²) in [5.74, 6) is -0.328. The molecule has 0 aliphatic carbocycles. The van der Waals surface area contributed by atoms with Gasteiger partial charge in [0.2, 0.25) is 0 Å². The highest BCUT2D eigenvalue weighted by Crippen LogP contribution is 2.25. The first-order valence-corrected chi connectivity index (χ1v) is 7.04. The number of carbonyl (C=O) groups excluding carboxylic acids is 1. The number of nitrogens with one attached hydrogen (secondary N) is 1. The third kappa shape index (κ3) is 3.43. The molecule has 21 heavy (non-hydrogen) atoms. The Morgan fingerprint density at radius 2 is 1.86 bits per heavy atom. The van der Waals surface area contributed by atoms with Crippen LogP contribution in [0.1, 0.15) is 40.0 Å². The third-order valence-corrected chi connectivity index (χ3v) is 3.60. The van der Waals surface area contributed by atoms with Crippen molar-refractivity contribution in [3.8, 4) is 0 Å². The zero-order valence-corrected chi connectivity index (χ0v) is 12.9. The number of para-hydroxylation sites is 1. The van der Waals surface area contributed by atoms with Gasteiger partial charge in [-0.3, -0.25) is 0 Å². The number of hydrogen-bond acceptors (Lipinski definition) is 3. The molecule has 0 aromatic heterocycles. The van der Waals surface area contributed by atoms with Gasteiger partial charge in [-0.2, -0.15) is 0 Å². The molecule has 0 spiro atoms. The number of aryl methyl sites for hydroxylation is 2. The van der Waals surface area contributed by atoms with Gasteiger partial charge in [0.1, 0.15) is 0 Å². The Morgan fingerprint density at radius 3 is 2.52 bits per heavy atom. The molecule has 3 heteroatoms. The molecule has 0 aliphatic heterocycles. The quantitative estimate of drug-likeness (QED) is 0.852. The van der Waals surface area contributed by atoms with E-state index in [1.54, 1.807) is 6.07 Å². The number of anilines is 1. The molecule has 0 saturated heterocycles. The monoisotopic (exact) mass is 283 g/mol. The van der Waals surface area contributed by atoms with E-state index in [0.717, 1.165) is 5.69 Å². The molecule has 3 nitrogen and oxygen atoms in total. The summed E-state index contributed by atoms with van der Waals surface area (Å²) < 4.78 is 4.82. The SMILES string of the molecule is COC(=O)c1ccccc1NC(C)c1ccc(C)cc1C. The summed E-state index contributed by atoms with van der Waals surface area (Å²) >= 11 is 0. The minimum Gasteiger partial charge on any atom is -0.465 e. The van der Waals surface area contributed by atoms with Crippen molar-refractivity contribution in [2.24, 2.45) is 0 Å². The number of benzene rings is 2. The van der Waals surface area contributed by atoms with Crippen LogP contribution in [0.15, 0.2) is 42.5 Å². The van der Waals surface area contributed by atoms with Crippen LogP contribution in [-0.4, -0.2) is 13.1 Å². The molecular weight excluding hydrogens is 262 g/mol. The Bertz CT molecular complexity index is 649. The number of carbonyl (C=O) groups is 1. The largest absolute Gasteiger partial charge is 0.465 e. The first kappa shape index (κ1) is 15.1. The van der Waals surface area contributed by atoms with Crippen LogP contribution in [0.2, 0.25) is 0 Å². The van der Waals surface area contributed by atoms with Crippen LogP contribution >= 0.6 is 0 Å². The Balaban J connectivity index is 2.27. The second kappa shape index (κ2) is 6.44. The normalized spacial score (nSPS) is 11.8. The first-order chi connectivity index (χ1) is 10.0. The van der Waals surface area contributed by atoms with Crippen molar-refractivity contribution in [1.29, 1.82) is 0 Å². The predicted octanol–water partition coefficient (Wildman–Crippen LogP) is 4.26. The van der Waals surface area contributed by atoms with Crippen molar-refractivity contribution >= 4 is 11.7 Å². The summed E-state index contributed by atoms with van der Waals surface area (Å²) in [5, 5.41) is 3.40. The highest BCUT2D eigenvalue weighted by Gasteiger charge is 2.14. The molecule has 1 N–H and O–H groups in total. The Morgan fingerprint density at radius 1 is 1.14 bits per heavy atom. The standard InChI is InChI=1S/C18H21NO2/c1-12-9-10-15(13(2)11-12)14(3)19-17-8-6-5-7-16(17)18(20)21-4/h5-11,14,19H,1-4H3. The number of hydrogen-bond donors (Lipinski definition) is 1. The van der Waals surface area contributed by atoms with Crippen molar-refractivity contribution in [3.63, 3.8) is 0 Å². The highest BCUT2D eigenvalue weighted by molar-refractivity contribution is 5.95. The number of esters is 1. The topological polar surface area (TPSA) is 38.3 Å². The van der Waals surface area contributed by atoms with Gasteiger partial charge in [-0.25, -0.2) is 4.79 Å². The molecule has 2 rings (SSSR count). The van der Waals surface area contributed by atoms with Crippen LogP contribution < -0.4 is 5.32 Å². The smallest absolute Gasteiger partial charge is 0.339 e. The molecule has 0 bridgehead atoms. The van der Waals surface area contributed by atoms with E-state index in [1.807, 2.05) is 18.2 Å². The molecule has 0 saturated carbocycles. The van der Waals surface area contributed by atoms with E-state index >= 15 is 0 Å². The van der Waals surface area contributed by atoms with E-state index in [-0.39, 0.29) is 12.0 Å². The molecule has 2 aromatic rings. The zero-order valence-electron chi connectivity index (χ0n) is 12.9. The average Bonchev–Trinajstić information content (AvgIpc) is 2.46. The molecule has 0 heterocycles. The Labute approximate surface area is 126 Å². The lowest BCUT2D eigenvalue weighted by molar-refractivity contribution is 0.0602. The molecular formula is C18H21NO2. The molecule has 0 amide bonds. The summed E-state index contributed by atoms with van der Waals surface area (Å²) in [6.45, 7) is 6.28. The van der Waals surface area contributed by atoms with Gasteiger partial charge in [0, 0.05) is 11.7 Å². The van der Waals surface area contributed by atoms with Crippen molar-refractivity contribution in [2.75, 3.05) is 12.4 Å². The van der Waals surface area contributed by atoms with Gasteiger partial charge in [0.15, 0.2) is 0 Å².